The zero-order valence-electron chi connectivity index (χ0n) is 13.5. The first kappa shape index (κ1) is 16.4. The SMILES string of the molecule is CC(=O)c1ccc(C=C2[Si](C)(C)OCCO[Si]2(C)C)cc1. The van der Waals surface area contributed by atoms with Crippen LogP contribution in [-0.2, 0) is 8.85 Å². The van der Waals surface area contributed by atoms with E-state index in [-0.39, 0.29) is 5.78 Å². The van der Waals surface area contributed by atoms with E-state index in [0.717, 1.165) is 11.1 Å². The topological polar surface area (TPSA) is 35.5 Å². The Morgan fingerprint density at radius 2 is 1.48 bits per heavy atom. The van der Waals surface area contributed by atoms with Crippen LogP contribution in [0.5, 0.6) is 0 Å². The maximum Gasteiger partial charge on any atom is 0.212 e. The third kappa shape index (κ3) is 3.80. The van der Waals surface area contributed by atoms with Gasteiger partial charge in [-0.3, -0.25) is 4.79 Å². The maximum absolute atomic E-state index is 11.4. The highest BCUT2D eigenvalue weighted by Crippen LogP contribution is 2.31. The normalized spacial score (nSPS) is 20.7. The summed E-state index contributed by atoms with van der Waals surface area (Å²) in [6.07, 6.45) is 2.23. The molecule has 3 nitrogen and oxygen atoms in total. The molecule has 0 N–H and O–H groups in total. The summed E-state index contributed by atoms with van der Waals surface area (Å²) in [5, 5.41) is 0. The Morgan fingerprint density at radius 3 is 1.90 bits per heavy atom. The van der Waals surface area contributed by atoms with Gasteiger partial charge in [0.2, 0.25) is 16.6 Å². The molecule has 0 saturated carbocycles. The first-order chi connectivity index (χ1) is 9.72. The minimum absolute atomic E-state index is 0.0970. The van der Waals surface area contributed by atoms with Crippen LogP contribution in [0.1, 0.15) is 22.8 Å². The lowest BCUT2D eigenvalue weighted by molar-refractivity contribution is 0.101. The number of hydrogen-bond acceptors (Lipinski definition) is 3. The molecule has 1 fully saturated rings. The van der Waals surface area contributed by atoms with Gasteiger partial charge in [-0.1, -0.05) is 30.3 Å². The van der Waals surface area contributed by atoms with E-state index >= 15 is 0 Å². The largest absolute Gasteiger partial charge is 0.411 e. The molecule has 0 aliphatic carbocycles. The van der Waals surface area contributed by atoms with Crippen molar-refractivity contribution in [1.29, 1.82) is 0 Å². The zero-order chi connectivity index (χ0) is 15.7. The van der Waals surface area contributed by atoms with E-state index in [1.54, 1.807) is 6.92 Å². The van der Waals surface area contributed by atoms with Crippen LogP contribution in [0.3, 0.4) is 0 Å². The van der Waals surface area contributed by atoms with Gasteiger partial charge in [0.25, 0.3) is 0 Å². The lowest BCUT2D eigenvalue weighted by Crippen LogP contribution is -2.45. The van der Waals surface area contributed by atoms with Gasteiger partial charge in [-0.2, -0.15) is 0 Å². The molecule has 0 atom stereocenters. The number of benzene rings is 1. The fraction of sp³-hybridized carbons (Fsp3) is 0.438. The molecule has 0 aromatic heterocycles. The molecule has 1 aromatic rings. The molecule has 0 radical (unpaired) electrons. The van der Waals surface area contributed by atoms with Crippen molar-refractivity contribution in [2.45, 2.75) is 33.1 Å². The van der Waals surface area contributed by atoms with Gasteiger partial charge in [-0.05, 0) is 43.5 Å². The fourth-order valence-corrected chi connectivity index (χ4v) is 11.6. The van der Waals surface area contributed by atoms with E-state index in [0.29, 0.717) is 13.2 Å². The molecule has 0 amide bonds. The van der Waals surface area contributed by atoms with Crippen LogP contribution in [0.15, 0.2) is 29.1 Å². The van der Waals surface area contributed by atoms with E-state index in [1.807, 2.05) is 24.3 Å². The van der Waals surface area contributed by atoms with Gasteiger partial charge in [-0.25, -0.2) is 0 Å². The molecule has 1 aromatic carbocycles. The van der Waals surface area contributed by atoms with Crippen LogP contribution < -0.4 is 0 Å². The van der Waals surface area contributed by atoms with Gasteiger partial charge in [0, 0.05) is 5.56 Å². The minimum atomic E-state index is -1.89. The Hall–Kier alpha value is -1.02. The third-order valence-corrected chi connectivity index (χ3v) is 12.3. The maximum atomic E-state index is 11.4. The molecule has 21 heavy (non-hydrogen) atoms. The number of rotatable bonds is 2. The molecular formula is C16H24O3Si2. The van der Waals surface area contributed by atoms with Crippen LogP contribution in [0.25, 0.3) is 6.08 Å². The summed E-state index contributed by atoms with van der Waals surface area (Å²) >= 11 is 0. The minimum Gasteiger partial charge on any atom is -0.411 e. The van der Waals surface area contributed by atoms with E-state index in [1.165, 1.54) is 4.82 Å². The van der Waals surface area contributed by atoms with Crippen LogP contribution in [0.2, 0.25) is 26.2 Å². The highest BCUT2D eigenvalue weighted by Gasteiger charge is 2.42. The lowest BCUT2D eigenvalue weighted by Gasteiger charge is -2.31. The van der Waals surface area contributed by atoms with Crippen molar-refractivity contribution in [2.75, 3.05) is 13.2 Å². The Labute approximate surface area is 129 Å². The van der Waals surface area contributed by atoms with Gasteiger partial charge >= 0.3 is 0 Å². The van der Waals surface area contributed by atoms with Crippen molar-refractivity contribution in [3.05, 3.63) is 40.2 Å². The highest BCUT2D eigenvalue weighted by molar-refractivity contribution is 7.01. The second-order valence-electron chi connectivity index (χ2n) is 6.45. The van der Waals surface area contributed by atoms with E-state index in [2.05, 4.69) is 32.3 Å². The second kappa shape index (κ2) is 6.00. The molecule has 114 valence electrons. The fourth-order valence-electron chi connectivity index (χ4n) is 2.80. The van der Waals surface area contributed by atoms with E-state index < -0.39 is 16.6 Å². The first-order valence-corrected chi connectivity index (χ1v) is 13.2. The molecule has 0 spiro atoms. The first-order valence-electron chi connectivity index (χ1n) is 7.34. The molecule has 0 bridgehead atoms. The van der Waals surface area contributed by atoms with Crippen LogP contribution in [0, 0.1) is 0 Å². The summed E-state index contributed by atoms with van der Waals surface area (Å²) in [6.45, 7) is 11.9. The Morgan fingerprint density at radius 1 is 1.00 bits per heavy atom. The van der Waals surface area contributed by atoms with Crippen molar-refractivity contribution in [1.82, 2.24) is 0 Å². The Kier molecular flexibility index (Phi) is 4.67. The Bertz CT molecular complexity index is 539. The summed E-state index contributed by atoms with van der Waals surface area (Å²) < 4.78 is 12.2. The molecule has 5 heteroatoms. The average Bonchev–Trinajstić information content (AvgIpc) is 2.50. The monoisotopic (exact) mass is 320 g/mol. The number of Topliss-reactive ketones (excluding diaryl/α,β-unsaturated/α-hetero) is 1. The third-order valence-electron chi connectivity index (χ3n) is 3.93. The summed E-state index contributed by atoms with van der Waals surface area (Å²) in [7, 11) is -3.79. The van der Waals surface area contributed by atoms with Crippen LogP contribution in [-0.4, -0.2) is 35.6 Å². The van der Waals surface area contributed by atoms with Crippen LogP contribution in [0.4, 0.5) is 0 Å². The van der Waals surface area contributed by atoms with Crippen molar-refractivity contribution in [3.63, 3.8) is 0 Å². The number of hydrogen-bond donors (Lipinski definition) is 0. The number of carbonyl (C=O) groups is 1. The predicted molar refractivity (Wildman–Crippen MR) is 91.3 cm³/mol. The molecule has 1 aliphatic heterocycles. The second-order valence-corrected chi connectivity index (χ2v) is 14.6. The highest BCUT2D eigenvalue weighted by atomic mass is 28.4. The molecule has 1 saturated heterocycles. The predicted octanol–water partition coefficient (Wildman–Crippen LogP) is 3.81. The van der Waals surface area contributed by atoms with Gasteiger partial charge in [0.1, 0.15) is 0 Å². The van der Waals surface area contributed by atoms with E-state index in [4.69, 9.17) is 8.85 Å². The van der Waals surface area contributed by atoms with Crippen molar-refractivity contribution < 1.29 is 13.6 Å². The zero-order valence-corrected chi connectivity index (χ0v) is 15.5. The van der Waals surface area contributed by atoms with Crippen molar-refractivity contribution in [2.24, 2.45) is 0 Å². The number of carbonyl (C=O) groups excluding carboxylic acids is 1. The molecule has 1 aliphatic rings. The average molecular weight is 321 g/mol. The standard InChI is InChI=1S/C16H24O3Si2/c1-13(17)15-8-6-14(7-9-15)12-16-20(2,3)18-10-11-19-21(16,4)5/h6-9,12H,10-11H2,1-5H3. The Balaban J connectivity index is 2.41. The van der Waals surface area contributed by atoms with Crippen molar-refractivity contribution in [3.8, 4) is 0 Å². The van der Waals surface area contributed by atoms with Gasteiger partial charge in [0.05, 0.1) is 13.2 Å². The smallest absolute Gasteiger partial charge is 0.212 e. The van der Waals surface area contributed by atoms with Gasteiger partial charge < -0.3 is 8.85 Å². The number of ketones is 1. The summed E-state index contributed by atoms with van der Waals surface area (Å²) in [5.74, 6) is 0.0970. The molecule has 0 unspecified atom stereocenters. The molecular weight excluding hydrogens is 296 g/mol. The summed E-state index contributed by atoms with van der Waals surface area (Å²) in [5.41, 5.74) is 1.86. The lowest BCUT2D eigenvalue weighted by atomic mass is 10.1. The molecule has 1 heterocycles. The van der Waals surface area contributed by atoms with Crippen LogP contribution >= 0.6 is 0 Å². The summed E-state index contributed by atoms with van der Waals surface area (Å²) in [6, 6.07) is 7.78. The van der Waals surface area contributed by atoms with Crippen molar-refractivity contribution >= 4 is 28.5 Å². The summed E-state index contributed by atoms with van der Waals surface area (Å²) in [4.78, 5) is 12.7. The van der Waals surface area contributed by atoms with Gasteiger partial charge in [0.15, 0.2) is 5.78 Å². The quantitative estimate of drug-likeness (QED) is 0.614. The van der Waals surface area contributed by atoms with Gasteiger partial charge in [-0.15, -0.1) is 0 Å². The molecule has 2 rings (SSSR count). The van der Waals surface area contributed by atoms with E-state index in [9.17, 15) is 4.79 Å².